The summed E-state index contributed by atoms with van der Waals surface area (Å²) in [6.07, 6.45) is 3.07. The molecule has 0 bridgehead atoms. The SMILES string of the molecule is COc1ncc(-c2ccn3nc(NC(=O)NCC(=O)NCC(C)(C)O)cc3c2)cc1OC(F)F. The fraction of sp³-hybridized carbons (Fsp3) is 0.333. The summed E-state index contributed by atoms with van der Waals surface area (Å²) < 4.78 is 36.3. The molecular formula is C21H24F2N6O5. The highest BCUT2D eigenvalue weighted by atomic mass is 19.3. The minimum Gasteiger partial charge on any atom is -0.478 e. The molecule has 0 aliphatic carbocycles. The van der Waals surface area contributed by atoms with Gasteiger partial charge in [0.1, 0.15) is 0 Å². The van der Waals surface area contributed by atoms with Crippen LogP contribution in [0.5, 0.6) is 11.6 Å². The first-order chi connectivity index (χ1) is 16.0. The van der Waals surface area contributed by atoms with Crippen molar-refractivity contribution in [3.05, 3.63) is 36.7 Å². The van der Waals surface area contributed by atoms with Crippen molar-refractivity contribution in [2.24, 2.45) is 0 Å². The lowest BCUT2D eigenvalue weighted by Crippen LogP contribution is -2.43. The molecule has 34 heavy (non-hydrogen) atoms. The van der Waals surface area contributed by atoms with Gasteiger partial charge in [0.25, 0.3) is 5.88 Å². The molecule has 11 nitrogen and oxygen atoms in total. The first-order valence-corrected chi connectivity index (χ1v) is 10.1. The molecule has 182 valence electrons. The van der Waals surface area contributed by atoms with E-state index in [9.17, 15) is 23.5 Å². The molecule has 0 saturated carbocycles. The third kappa shape index (κ3) is 6.75. The van der Waals surface area contributed by atoms with E-state index in [4.69, 9.17) is 4.74 Å². The number of urea groups is 1. The van der Waals surface area contributed by atoms with E-state index in [1.807, 2.05) is 0 Å². The van der Waals surface area contributed by atoms with Gasteiger partial charge in [-0.2, -0.15) is 8.78 Å². The molecule has 3 aromatic heterocycles. The number of ether oxygens (including phenoxy) is 2. The van der Waals surface area contributed by atoms with E-state index in [-0.39, 0.29) is 30.5 Å². The van der Waals surface area contributed by atoms with E-state index in [2.05, 4.69) is 30.8 Å². The molecule has 0 fully saturated rings. The smallest absolute Gasteiger partial charge is 0.387 e. The maximum Gasteiger partial charge on any atom is 0.387 e. The van der Waals surface area contributed by atoms with Crippen LogP contribution in [0.3, 0.4) is 0 Å². The number of fused-ring (bicyclic) bond motifs is 1. The molecule has 0 atom stereocenters. The maximum atomic E-state index is 12.7. The van der Waals surface area contributed by atoms with Crippen molar-refractivity contribution < 1.29 is 33.0 Å². The van der Waals surface area contributed by atoms with Gasteiger partial charge in [-0.25, -0.2) is 14.3 Å². The third-order valence-electron chi connectivity index (χ3n) is 4.39. The molecule has 0 unspecified atom stereocenters. The molecule has 3 rings (SSSR count). The van der Waals surface area contributed by atoms with Gasteiger partial charge in [0.2, 0.25) is 5.91 Å². The van der Waals surface area contributed by atoms with Crippen LogP contribution in [0.2, 0.25) is 0 Å². The first kappa shape index (κ1) is 24.6. The number of carbonyl (C=O) groups excluding carboxylic acids is 2. The van der Waals surface area contributed by atoms with Gasteiger partial charge in [-0.05, 0) is 37.6 Å². The van der Waals surface area contributed by atoms with Crippen molar-refractivity contribution in [2.45, 2.75) is 26.1 Å². The molecule has 4 N–H and O–H groups in total. The second kappa shape index (κ2) is 10.3. The van der Waals surface area contributed by atoms with Crippen molar-refractivity contribution in [1.29, 1.82) is 0 Å². The number of halogens is 2. The fourth-order valence-corrected chi connectivity index (χ4v) is 2.86. The molecule has 3 amide bonds. The fourth-order valence-electron chi connectivity index (χ4n) is 2.86. The van der Waals surface area contributed by atoms with E-state index in [0.29, 0.717) is 16.6 Å². The van der Waals surface area contributed by atoms with Crippen molar-refractivity contribution in [2.75, 3.05) is 25.5 Å². The Balaban J connectivity index is 1.67. The highest BCUT2D eigenvalue weighted by molar-refractivity contribution is 5.92. The highest BCUT2D eigenvalue weighted by Crippen LogP contribution is 2.31. The summed E-state index contributed by atoms with van der Waals surface area (Å²) in [5.41, 5.74) is 0.681. The van der Waals surface area contributed by atoms with Gasteiger partial charge < -0.3 is 25.2 Å². The number of pyridine rings is 2. The molecule has 3 heterocycles. The van der Waals surface area contributed by atoms with E-state index in [1.54, 1.807) is 38.2 Å². The van der Waals surface area contributed by atoms with E-state index >= 15 is 0 Å². The monoisotopic (exact) mass is 478 g/mol. The lowest BCUT2D eigenvalue weighted by Gasteiger charge is -2.17. The van der Waals surface area contributed by atoms with Gasteiger partial charge >= 0.3 is 12.6 Å². The van der Waals surface area contributed by atoms with Crippen LogP contribution < -0.4 is 25.4 Å². The van der Waals surface area contributed by atoms with Gasteiger partial charge in [-0.1, -0.05) is 0 Å². The average Bonchev–Trinajstić information content (AvgIpc) is 3.16. The van der Waals surface area contributed by atoms with E-state index < -0.39 is 24.2 Å². The van der Waals surface area contributed by atoms with Gasteiger partial charge in [0.05, 0.1) is 24.8 Å². The predicted octanol–water partition coefficient (Wildman–Crippen LogP) is 2.01. The number of alkyl halides is 2. The standard InChI is InChI=1S/C21H24F2N6O5/c1-21(2,32)11-26-17(30)10-25-20(31)27-16-8-14-6-12(4-5-29(14)28-16)13-7-15(34-19(22)23)18(33-3)24-9-13/h4-9,19,32H,10-11H2,1-3H3,(H,26,30)(H2,25,27,28,31). The first-order valence-electron chi connectivity index (χ1n) is 10.1. The Bertz CT molecular complexity index is 1180. The van der Waals surface area contributed by atoms with Crippen molar-refractivity contribution in [3.63, 3.8) is 0 Å². The number of aliphatic hydroxyl groups is 1. The number of aromatic nitrogens is 3. The second-order valence-corrected chi connectivity index (χ2v) is 7.82. The molecule has 3 aromatic rings. The van der Waals surface area contributed by atoms with Crippen LogP contribution >= 0.6 is 0 Å². The summed E-state index contributed by atoms with van der Waals surface area (Å²) in [6.45, 7) is -0.181. The number of hydrogen-bond donors (Lipinski definition) is 4. The van der Waals surface area contributed by atoms with Gasteiger partial charge in [0, 0.05) is 30.6 Å². The Hall–Kier alpha value is -4.00. The number of methoxy groups -OCH3 is 1. The van der Waals surface area contributed by atoms with Crippen LogP contribution in [0, 0.1) is 0 Å². The van der Waals surface area contributed by atoms with Gasteiger partial charge in [-0.3, -0.25) is 10.1 Å². The highest BCUT2D eigenvalue weighted by Gasteiger charge is 2.16. The Morgan fingerprint density at radius 3 is 2.65 bits per heavy atom. The third-order valence-corrected chi connectivity index (χ3v) is 4.39. The summed E-state index contributed by atoms with van der Waals surface area (Å²) >= 11 is 0. The number of carbonyl (C=O) groups is 2. The molecule has 0 saturated heterocycles. The molecule has 0 aliphatic rings. The summed E-state index contributed by atoms with van der Waals surface area (Å²) in [7, 11) is 1.30. The van der Waals surface area contributed by atoms with Crippen molar-refractivity contribution >= 4 is 23.3 Å². The Labute approximate surface area is 193 Å². The predicted molar refractivity (Wildman–Crippen MR) is 118 cm³/mol. The Kier molecular flexibility index (Phi) is 7.46. The summed E-state index contributed by atoms with van der Waals surface area (Å²) in [5, 5.41) is 21.2. The van der Waals surface area contributed by atoms with Crippen molar-refractivity contribution in [1.82, 2.24) is 25.2 Å². The zero-order chi connectivity index (χ0) is 24.9. The molecular weight excluding hydrogens is 454 g/mol. The number of nitrogens with zero attached hydrogens (tertiary/aromatic N) is 3. The largest absolute Gasteiger partial charge is 0.478 e. The zero-order valence-electron chi connectivity index (χ0n) is 18.6. The van der Waals surface area contributed by atoms with Crippen LogP contribution in [0.25, 0.3) is 16.6 Å². The Morgan fingerprint density at radius 1 is 1.21 bits per heavy atom. The topological polar surface area (TPSA) is 139 Å². The van der Waals surface area contributed by atoms with E-state index in [0.717, 1.165) is 0 Å². The van der Waals surface area contributed by atoms with Crippen LogP contribution in [0.15, 0.2) is 36.7 Å². The second-order valence-electron chi connectivity index (χ2n) is 7.82. The van der Waals surface area contributed by atoms with Crippen LogP contribution in [0.1, 0.15) is 13.8 Å². The number of rotatable bonds is 9. The van der Waals surface area contributed by atoms with Crippen LogP contribution in [-0.2, 0) is 4.79 Å². The summed E-state index contributed by atoms with van der Waals surface area (Å²) in [6, 6.07) is 5.73. The molecule has 13 heteroatoms. The maximum absolute atomic E-state index is 12.7. The average molecular weight is 478 g/mol. The number of nitrogens with one attached hydrogen (secondary N) is 3. The van der Waals surface area contributed by atoms with Gasteiger partial charge in [-0.15, -0.1) is 5.10 Å². The Morgan fingerprint density at radius 2 is 1.97 bits per heavy atom. The minimum absolute atomic E-state index is 0.0450. The number of amides is 3. The molecule has 0 spiro atoms. The lowest BCUT2D eigenvalue weighted by molar-refractivity contribution is -0.121. The molecule has 0 radical (unpaired) electrons. The summed E-state index contributed by atoms with van der Waals surface area (Å²) in [5.74, 6) is -0.504. The summed E-state index contributed by atoms with van der Waals surface area (Å²) in [4.78, 5) is 27.8. The van der Waals surface area contributed by atoms with Crippen molar-refractivity contribution in [3.8, 4) is 22.8 Å². The van der Waals surface area contributed by atoms with Crippen LogP contribution in [0.4, 0.5) is 19.4 Å². The van der Waals surface area contributed by atoms with E-state index in [1.165, 1.54) is 23.9 Å². The normalized spacial score (nSPS) is 11.4. The molecule has 0 aromatic carbocycles. The van der Waals surface area contributed by atoms with Crippen LogP contribution in [-0.4, -0.2) is 64.1 Å². The zero-order valence-corrected chi connectivity index (χ0v) is 18.6. The lowest BCUT2D eigenvalue weighted by atomic mass is 10.1. The number of hydrogen-bond acceptors (Lipinski definition) is 7. The van der Waals surface area contributed by atoms with Gasteiger partial charge in [0.15, 0.2) is 11.6 Å². The molecule has 0 aliphatic heterocycles. The quantitative estimate of drug-likeness (QED) is 0.369. The minimum atomic E-state index is -3.03. The number of anilines is 1.